The van der Waals surface area contributed by atoms with Gasteiger partial charge >= 0.3 is 0 Å². The maximum Gasteiger partial charge on any atom is 0.233 e. The van der Waals surface area contributed by atoms with E-state index in [4.69, 9.17) is 4.42 Å². The Labute approximate surface area is 114 Å². The lowest BCUT2D eigenvalue weighted by atomic mass is 9.47. The van der Waals surface area contributed by atoms with E-state index in [1.807, 2.05) is 14.0 Å². The maximum atomic E-state index is 5.74. The van der Waals surface area contributed by atoms with E-state index in [9.17, 15) is 0 Å². The van der Waals surface area contributed by atoms with Crippen molar-refractivity contribution in [1.82, 2.24) is 15.5 Å². The standard InChI is InChI=1S/C15H23N3O/c1-9-17-18-14(19-9)13(16-2)15-6-10-3-11(7-15)5-12(4-10)8-15/h10-13,16H,3-8H2,1-2H3. The second-order valence-electron chi connectivity index (χ2n) is 7.16. The van der Waals surface area contributed by atoms with E-state index >= 15 is 0 Å². The molecule has 1 heterocycles. The van der Waals surface area contributed by atoms with Crippen LogP contribution in [0.3, 0.4) is 0 Å². The molecule has 0 radical (unpaired) electrons. The molecule has 0 spiro atoms. The van der Waals surface area contributed by atoms with Crippen molar-refractivity contribution in [1.29, 1.82) is 0 Å². The number of aryl methyl sites for hydroxylation is 1. The van der Waals surface area contributed by atoms with Gasteiger partial charge in [-0.25, -0.2) is 0 Å². The second-order valence-corrected chi connectivity index (χ2v) is 7.16. The zero-order chi connectivity index (χ0) is 13.0. The second kappa shape index (κ2) is 4.05. The van der Waals surface area contributed by atoms with Crippen molar-refractivity contribution in [3.05, 3.63) is 11.8 Å². The van der Waals surface area contributed by atoms with Crippen molar-refractivity contribution in [2.24, 2.45) is 23.2 Å². The summed E-state index contributed by atoms with van der Waals surface area (Å²) in [4.78, 5) is 0. The van der Waals surface area contributed by atoms with Crippen molar-refractivity contribution in [2.75, 3.05) is 7.05 Å². The van der Waals surface area contributed by atoms with E-state index in [0.29, 0.717) is 11.3 Å². The smallest absolute Gasteiger partial charge is 0.233 e. The fourth-order valence-corrected chi connectivity index (χ4v) is 5.65. The zero-order valence-corrected chi connectivity index (χ0v) is 11.9. The lowest BCUT2D eigenvalue weighted by molar-refractivity contribution is -0.0781. The van der Waals surface area contributed by atoms with Gasteiger partial charge in [0.05, 0.1) is 6.04 Å². The quantitative estimate of drug-likeness (QED) is 0.909. The molecular formula is C15H23N3O. The fourth-order valence-electron chi connectivity index (χ4n) is 5.65. The molecule has 104 valence electrons. The van der Waals surface area contributed by atoms with Gasteiger partial charge in [0.1, 0.15) is 0 Å². The molecule has 0 amide bonds. The molecule has 0 aromatic carbocycles. The third-order valence-corrected chi connectivity index (χ3v) is 5.78. The van der Waals surface area contributed by atoms with Gasteiger partial charge in [0.15, 0.2) is 0 Å². The molecule has 1 N–H and O–H groups in total. The van der Waals surface area contributed by atoms with Crippen LogP contribution in [0.25, 0.3) is 0 Å². The van der Waals surface area contributed by atoms with Gasteiger partial charge in [-0.2, -0.15) is 0 Å². The van der Waals surface area contributed by atoms with Crippen molar-refractivity contribution in [3.63, 3.8) is 0 Å². The van der Waals surface area contributed by atoms with E-state index in [1.165, 1.54) is 38.5 Å². The first kappa shape index (κ1) is 11.9. The summed E-state index contributed by atoms with van der Waals surface area (Å²) in [5.41, 5.74) is 0.377. The van der Waals surface area contributed by atoms with Crippen LogP contribution >= 0.6 is 0 Å². The van der Waals surface area contributed by atoms with E-state index < -0.39 is 0 Å². The first-order valence-corrected chi connectivity index (χ1v) is 7.66. The number of hydrogen-bond donors (Lipinski definition) is 1. The average molecular weight is 261 g/mol. The summed E-state index contributed by atoms with van der Waals surface area (Å²) in [6.07, 6.45) is 8.47. The summed E-state index contributed by atoms with van der Waals surface area (Å²) in [5, 5.41) is 11.8. The van der Waals surface area contributed by atoms with Crippen LogP contribution in [0.1, 0.15) is 56.3 Å². The highest BCUT2D eigenvalue weighted by atomic mass is 16.4. The van der Waals surface area contributed by atoms with Crippen LogP contribution in [0.2, 0.25) is 0 Å². The van der Waals surface area contributed by atoms with Crippen LogP contribution in [-0.2, 0) is 0 Å². The summed E-state index contributed by atoms with van der Waals surface area (Å²) in [5.74, 6) is 4.34. The first-order chi connectivity index (χ1) is 9.18. The molecule has 1 aromatic heterocycles. The molecule has 4 aliphatic carbocycles. The molecule has 4 fully saturated rings. The summed E-state index contributed by atoms with van der Waals surface area (Å²) < 4.78 is 5.74. The van der Waals surface area contributed by atoms with E-state index in [2.05, 4.69) is 15.5 Å². The molecule has 19 heavy (non-hydrogen) atoms. The third-order valence-electron chi connectivity index (χ3n) is 5.78. The molecule has 4 saturated carbocycles. The van der Waals surface area contributed by atoms with Gasteiger partial charge in [-0.05, 0) is 68.7 Å². The van der Waals surface area contributed by atoms with Gasteiger partial charge in [0, 0.05) is 6.92 Å². The van der Waals surface area contributed by atoms with E-state index in [1.54, 1.807) is 0 Å². The van der Waals surface area contributed by atoms with Crippen LogP contribution in [0.15, 0.2) is 4.42 Å². The van der Waals surface area contributed by atoms with Crippen LogP contribution in [0.5, 0.6) is 0 Å². The van der Waals surface area contributed by atoms with Gasteiger partial charge in [0.2, 0.25) is 11.8 Å². The van der Waals surface area contributed by atoms with Crippen LogP contribution < -0.4 is 5.32 Å². The van der Waals surface area contributed by atoms with Gasteiger partial charge in [-0.15, -0.1) is 10.2 Å². The van der Waals surface area contributed by atoms with Gasteiger partial charge < -0.3 is 9.73 Å². The minimum atomic E-state index is 0.252. The minimum absolute atomic E-state index is 0.252. The summed E-state index contributed by atoms with van der Waals surface area (Å²) in [6.45, 7) is 1.88. The summed E-state index contributed by atoms with van der Waals surface area (Å²) in [7, 11) is 2.04. The largest absolute Gasteiger partial charge is 0.424 e. The minimum Gasteiger partial charge on any atom is -0.424 e. The Morgan fingerprint density at radius 1 is 1.11 bits per heavy atom. The number of hydrogen-bond acceptors (Lipinski definition) is 4. The lowest BCUT2D eigenvalue weighted by Crippen LogP contribution is -2.51. The Bertz CT molecular complexity index is 446. The molecule has 0 aliphatic heterocycles. The van der Waals surface area contributed by atoms with Gasteiger partial charge in [-0.3, -0.25) is 0 Å². The van der Waals surface area contributed by atoms with Gasteiger partial charge in [-0.1, -0.05) is 0 Å². The molecule has 4 nitrogen and oxygen atoms in total. The highest BCUT2D eigenvalue weighted by molar-refractivity contribution is 5.09. The number of aromatic nitrogens is 2. The number of nitrogens with zero attached hydrogens (tertiary/aromatic N) is 2. The molecule has 1 aromatic rings. The van der Waals surface area contributed by atoms with Crippen molar-refractivity contribution >= 4 is 0 Å². The monoisotopic (exact) mass is 261 g/mol. The lowest BCUT2D eigenvalue weighted by Gasteiger charge is -2.58. The van der Waals surface area contributed by atoms with Crippen LogP contribution in [0, 0.1) is 30.1 Å². The highest BCUT2D eigenvalue weighted by Gasteiger charge is 2.55. The van der Waals surface area contributed by atoms with Crippen molar-refractivity contribution in [3.8, 4) is 0 Å². The normalized spacial score (nSPS) is 41.7. The molecule has 1 unspecified atom stereocenters. The summed E-state index contributed by atoms with van der Waals surface area (Å²) in [6, 6.07) is 0.252. The molecule has 0 saturated heterocycles. The Morgan fingerprint density at radius 3 is 2.11 bits per heavy atom. The van der Waals surface area contributed by atoms with E-state index in [-0.39, 0.29) is 6.04 Å². The van der Waals surface area contributed by atoms with Crippen LogP contribution in [-0.4, -0.2) is 17.2 Å². The fraction of sp³-hybridized carbons (Fsp3) is 0.867. The predicted octanol–water partition coefficient (Wildman–Crippen LogP) is 2.85. The summed E-state index contributed by atoms with van der Waals surface area (Å²) >= 11 is 0. The average Bonchev–Trinajstić information content (AvgIpc) is 2.74. The molecular weight excluding hydrogens is 238 g/mol. The maximum absolute atomic E-state index is 5.74. The topological polar surface area (TPSA) is 51.0 Å². The van der Waals surface area contributed by atoms with Crippen molar-refractivity contribution in [2.45, 2.75) is 51.5 Å². The molecule has 4 bridgehead atoms. The SMILES string of the molecule is CNC(c1nnc(C)o1)C12CC3CC(CC(C3)C1)C2. The number of nitrogens with one attached hydrogen (secondary N) is 1. The first-order valence-electron chi connectivity index (χ1n) is 7.66. The zero-order valence-electron chi connectivity index (χ0n) is 11.9. The molecule has 1 atom stereocenters. The van der Waals surface area contributed by atoms with Gasteiger partial charge in [0.25, 0.3) is 0 Å². The number of rotatable bonds is 3. The molecule has 5 rings (SSSR count). The Balaban J connectivity index is 1.69. The highest BCUT2D eigenvalue weighted by Crippen LogP contribution is 2.63. The van der Waals surface area contributed by atoms with Crippen LogP contribution in [0.4, 0.5) is 0 Å². The third kappa shape index (κ3) is 1.76. The Kier molecular flexibility index (Phi) is 2.53. The Hall–Kier alpha value is -0.900. The van der Waals surface area contributed by atoms with E-state index in [0.717, 1.165) is 23.6 Å². The van der Waals surface area contributed by atoms with Crippen molar-refractivity contribution < 1.29 is 4.42 Å². The molecule has 4 aliphatic rings. The molecule has 4 heteroatoms. The Morgan fingerprint density at radius 2 is 1.68 bits per heavy atom. The predicted molar refractivity (Wildman–Crippen MR) is 71.4 cm³/mol.